The van der Waals surface area contributed by atoms with E-state index >= 15 is 0 Å². The lowest BCUT2D eigenvalue weighted by Crippen LogP contribution is -2.45. The molecule has 1 saturated heterocycles. The molecule has 0 bridgehead atoms. The van der Waals surface area contributed by atoms with Crippen molar-refractivity contribution in [2.24, 2.45) is 17.1 Å². The van der Waals surface area contributed by atoms with Crippen molar-refractivity contribution in [1.82, 2.24) is 4.90 Å². The molecule has 1 aliphatic heterocycles. The normalized spacial score (nSPS) is 19.9. The molecule has 1 heterocycles. The van der Waals surface area contributed by atoms with Crippen molar-refractivity contribution < 1.29 is 9.53 Å². The van der Waals surface area contributed by atoms with Crippen LogP contribution in [0.4, 0.5) is 0 Å². The molecule has 1 aliphatic rings. The first-order valence-electron chi connectivity index (χ1n) is 6.89. The van der Waals surface area contributed by atoms with Crippen LogP contribution in [-0.4, -0.2) is 43.7 Å². The molecule has 106 valence electrons. The molecule has 4 nitrogen and oxygen atoms in total. The summed E-state index contributed by atoms with van der Waals surface area (Å²) in [6.45, 7) is 8.51. The third-order valence-electron chi connectivity index (χ3n) is 3.58. The van der Waals surface area contributed by atoms with Gasteiger partial charge in [-0.2, -0.15) is 0 Å². The van der Waals surface area contributed by atoms with Gasteiger partial charge in [-0.3, -0.25) is 4.79 Å². The number of piperidine rings is 1. The van der Waals surface area contributed by atoms with Crippen molar-refractivity contribution >= 4 is 5.91 Å². The molecule has 4 heteroatoms. The summed E-state index contributed by atoms with van der Waals surface area (Å²) in [6.07, 6.45) is 3.05. The van der Waals surface area contributed by atoms with Crippen LogP contribution >= 0.6 is 0 Å². The van der Waals surface area contributed by atoms with Gasteiger partial charge in [-0.15, -0.1) is 0 Å². The van der Waals surface area contributed by atoms with Crippen LogP contribution in [0.15, 0.2) is 0 Å². The molecule has 1 atom stereocenters. The highest BCUT2D eigenvalue weighted by Gasteiger charge is 2.30. The van der Waals surface area contributed by atoms with E-state index in [0.717, 1.165) is 32.4 Å². The van der Waals surface area contributed by atoms with Gasteiger partial charge in [0.15, 0.2) is 0 Å². The molecule has 0 aromatic carbocycles. The Kier molecular flexibility index (Phi) is 5.60. The van der Waals surface area contributed by atoms with Crippen molar-refractivity contribution in [3.05, 3.63) is 0 Å². The van der Waals surface area contributed by atoms with Crippen LogP contribution in [0.25, 0.3) is 0 Å². The molecule has 0 spiro atoms. The third-order valence-corrected chi connectivity index (χ3v) is 3.58. The molecule has 1 unspecified atom stereocenters. The average Bonchev–Trinajstić information content (AvgIpc) is 2.34. The van der Waals surface area contributed by atoms with Gasteiger partial charge in [0.2, 0.25) is 5.91 Å². The topological polar surface area (TPSA) is 55.6 Å². The Labute approximate surface area is 111 Å². The molecule has 0 aromatic rings. The number of methoxy groups -OCH3 is 1. The van der Waals surface area contributed by atoms with Crippen LogP contribution in [0.1, 0.15) is 40.0 Å². The lowest BCUT2D eigenvalue weighted by molar-refractivity contribution is -0.138. The van der Waals surface area contributed by atoms with Crippen molar-refractivity contribution in [2.45, 2.75) is 46.1 Å². The van der Waals surface area contributed by atoms with E-state index in [2.05, 4.69) is 20.8 Å². The summed E-state index contributed by atoms with van der Waals surface area (Å²) in [5, 5.41) is 0. The lowest BCUT2D eigenvalue weighted by Gasteiger charge is -2.35. The van der Waals surface area contributed by atoms with Crippen LogP contribution in [0.3, 0.4) is 0 Å². The maximum Gasteiger partial charge on any atom is 0.226 e. The second kappa shape index (κ2) is 6.53. The van der Waals surface area contributed by atoms with Gasteiger partial charge in [0, 0.05) is 26.7 Å². The molecular formula is C14H28N2O2. The van der Waals surface area contributed by atoms with Gasteiger partial charge in [0.1, 0.15) is 0 Å². The van der Waals surface area contributed by atoms with E-state index in [9.17, 15) is 4.79 Å². The van der Waals surface area contributed by atoms with Crippen molar-refractivity contribution in [2.75, 3.05) is 26.7 Å². The Bertz CT molecular complexity index is 265. The summed E-state index contributed by atoms with van der Waals surface area (Å²) >= 11 is 0. The molecule has 1 amide bonds. The second-order valence-corrected chi connectivity index (χ2v) is 6.46. The van der Waals surface area contributed by atoms with Crippen LogP contribution in [0, 0.1) is 11.3 Å². The van der Waals surface area contributed by atoms with E-state index in [1.54, 1.807) is 7.11 Å². The largest absolute Gasteiger partial charge is 0.381 e. The number of hydrogen-bond acceptors (Lipinski definition) is 3. The number of carbonyl (C=O) groups is 1. The molecule has 2 N–H and O–H groups in total. The maximum atomic E-state index is 12.4. The summed E-state index contributed by atoms with van der Waals surface area (Å²) < 4.78 is 5.32. The smallest absolute Gasteiger partial charge is 0.226 e. The maximum absolute atomic E-state index is 12.4. The van der Waals surface area contributed by atoms with Gasteiger partial charge < -0.3 is 15.4 Å². The number of rotatable bonds is 4. The van der Waals surface area contributed by atoms with Gasteiger partial charge >= 0.3 is 0 Å². The zero-order valence-electron chi connectivity index (χ0n) is 12.2. The fourth-order valence-electron chi connectivity index (χ4n) is 2.58. The highest BCUT2D eigenvalue weighted by atomic mass is 16.5. The fraction of sp³-hybridized carbons (Fsp3) is 0.929. The number of likely N-dealkylation sites (tertiary alicyclic amines) is 1. The molecule has 0 aromatic heterocycles. The number of nitrogens with zero attached hydrogens (tertiary/aromatic N) is 1. The molecule has 18 heavy (non-hydrogen) atoms. The Morgan fingerprint density at radius 3 is 2.33 bits per heavy atom. The van der Waals surface area contributed by atoms with Crippen LogP contribution in [-0.2, 0) is 9.53 Å². The highest BCUT2D eigenvalue weighted by molar-refractivity contribution is 5.79. The summed E-state index contributed by atoms with van der Waals surface area (Å²) in [7, 11) is 1.74. The Morgan fingerprint density at radius 1 is 1.39 bits per heavy atom. The lowest BCUT2D eigenvalue weighted by atomic mass is 9.84. The van der Waals surface area contributed by atoms with E-state index in [0.29, 0.717) is 12.6 Å². The first-order valence-corrected chi connectivity index (χ1v) is 6.89. The number of hydrogen-bond donors (Lipinski definition) is 1. The van der Waals surface area contributed by atoms with Crippen LogP contribution < -0.4 is 5.73 Å². The summed E-state index contributed by atoms with van der Waals surface area (Å²) in [5.74, 6) is 0.186. The van der Waals surface area contributed by atoms with Gasteiger partial charge in [-0.05, 0) is 24.7 Å². The van der Waals surface area contributed by atoms with Crippen LogP contribution in [0.5, 0.6) is 0 Å². The zero-order chi connectivity index (χ0) is 13.8. The van der Waals surface area contributed by atoms with Crippen LogP contribution in [0.2, 0.25) is 0 Å². The van der Waals surface area contributed by atoms with Gasteiger partial charge in [0.05, 0.1) is 12.0 Å². The quantitative estimate of drug-likeness (QED) is 0.832. The SMILES string of the molecule is COC1CCN(C(=O)C(CN)CC(C)(C)C)CC1. The molecule has 0 aliphatic carbocycles. The van der Waals surface area contributed by atoms with E-state index in [-0.39, 0.29) is 17.2 Å². The van der Waals surface area contributed by atoms with E-state index in [1.165, 1.54) is 0 Å². The Balaban J connectivity index is 2.52. The number of carbonyl (C=O) groups excluding carboxylic acids is 1. The molecular weight excluding hydrogens is 228 g/mol. The monoisotopic (exact) mass is 256 g/mol. The average molecular weight is 256 g/mol. The second-order valence-electron chi connectivity index (χ2n) is 6.46. The standard InChI is InChI=1S/C14H28N2O2/c1-14(2,3)9-11(10-15)13(17)16-7-5-12(18-4)6-8-16/h11-12H,5-10,15H2,1-4H3. The highest BCUT2D eigenvalue weighted by Crippen LogP contribution is 2.26. The minimum Gasteiger partial charge on any atom is -0.381 e. The van der Waals surface area contributed by atoms with E-state index < -0.39 is 0 Å². The predicted octanol–water partition coefficient (Wildman–Crippen LogP) is 1.63. The third kappa shape index (κ3) is 4.58. The summed E-state index contributed by atoms with van der Waals surface area (Å²) in [6, 6.07) is 0. The first kappa shape index (κ1) is 15.4. The summed E-state index contributed by atoms with van der Waals surface area (Å²) in [5.41, 5.74) is 5.91. The van der Waals surface area contributed by atoms with Gasteiger partial charge in [0.25, 0.3) is 0 Å². The fourth-order valence-corrected chi connectivity index (χ4v) is 2.58. The summed E-state index contributed by atoms with van der Waals surface area (Å²) in [4.78, 5) is 14.4. The molecule has 0 radical (unpaired) electrons. The predicted molar refractivity (Wildman–Crippen MR) is 73.2 cm³/mol. The Hall–Kier alpha value is -0.610. The van der Waals surface area contributed by atoms with Crippen molar-refractivity contribution in [3.63, 3.8) is 0 Å². The minimum absolute atomic E-state index is 0.0379. The number of nitrogens with two attached hydrogens (primary N) is 1. The van der Waals surface area contributed by atoms with Gasteiger partial charge in [-0.1, -0.05) is 20.8 Å². The van der Waals surface area contributed by atoms with Crippen molar-refractivity contribution in [1.29, 1.82) is 0 Å². The minimum atomic E-state index is -0.0379. The number of ether oxygens (including phenoxy) is 1. The molecule has 0 saturated carbocycles. The van der Waals surface area contributed by atoms with Gasteiger partial charge in [-0.25, -0.2) is 0 Å². The molecule has 1 fully saturated rings. The van der Waals surface area contributed by atoms with E-state index in [4.69, 9.17) is 10.5 Å². The van der Waals surface area contributed by atoms with Crippen molar-refractivity contribution in [3.8, 4) is 0 Å². The Morgan fingerprint density at radius 2 is 1.94 bits per heavy atom. The first-order chi connectivity index (χ1) is 8.37. The zero-order valence-corrected chi connectivity index (χ0v) is 12.2. The molecule has 1 rings (SSSR count). The number of amides is 1. The van der Waals surface area contributed by atoms with E-state index in [1.807, 2.05) is 4.90 Å².